The Morgan fingerprint density at radius 2 is 1.69 bits per heavy atom. The second-order valence-electron chi connectivity index (χ2n) is 6.77. The summed E-state index contributed by atoms with van der Waals surface area (Å²) in [5.41, 5.74) is 0.998. The van der Waals surface area contributed by atoms with Gasteiger partial charge in [-0.2, -0.15) is 0 Å². The van der Waals surface area contributed by atoms with Gasteiger partial charge in [-0.25, -0.2) is 0 Å². The Bertz CT molecular complexity index is 926. The molecule has 3 rings (SSSR count). The van der Waals surface area contributed by atoms with Crippen LogP contribution in [0.15, 0.2) is 42.5 Å². The molecule has 0 unspecified atom stereocenters. The van der Waals surface area contributed by atoms with Gasteiger partial charge in [-0.15, -0.1) is 12.4 Å². The normalized spacial score (nSPS) is 13.4. The highest BCUT2D eigenvalue weighted by atomic mass is 35.5. The molecule has 2 aromatic rings. The SMILES string of the molecule is CN(C)c1ccc(C(=O)c2ccccc2C(=O)N2CCNCC2)cc1[N+](=O)[O-].Cl. The van der Waals surface area contributed by atoms with E-state index < -0.39 is 10.7 Å². The van der Waals surface area contributed by atoms with Crippen LogP contribution in [0.5, 0.6) is 0 Å². The largest absolute Gasteiger partial charge is 0.372 e. The number of anilines is 1. The Balaban J connectivity index is 0.00000300. The van der Waals surface area contributed by atoms with Crippen LogP contribution in [0.2, 0.25) is 0 Å². The number of nitrogens with one attached hydrogen (secondary N) is 1. The third kappa shape index (κ3) is 4.72. The van der Waals surface area contributed by atoms with Crippen molar-refractivity contribution in [3.8, 4) is 0 Å². The number of nitrogens with zero attached hydrogens (tertiary/aromatic N) is 3. The van der Waals surface area contributed by atoms with Gasteiger partial charge in [0.2, 0.25) is 0 Å². The highest BCUT2D eigenvalue weighted by molar-refractivity contribution is 6.15. The average Bonchev–Trinajstić information content (AvgIpc) is 2.72. The number of carbonyl (C=O) groups excluding carboxylic acids is 2. The topological polar surface area (TPSA) is 95.8 Å². The van der Waals surface area contributed by atoms with Crippen molar-refractivity contribution in [2.45, 2.75) is 0 Å². The molecule has 9 heteroatoms. The highest BCUT2D eigenvalue weighted by Crippen LogP contribution is 2.29. The number of carbonyl (C=O) groups is 2. The third-order valence-electron chi connectivity index (χ3n) is 4.72. The van der Waals surface area contributed by atoms with Crippen LogP contribution in [-0.4, -0.2) is 61.8 Å². The monoisotopic (exact) mass is 418 g/mol. The number of ketones is 1. The fourth-order valence-electron chi connectivity index (χ4n) is 3.25. The lowest BCUT2D eigenvalue weighted by Gasteiger charge is -2.28. The second-order valence-corrected chi connectivity index (χ2v) is 6.77. The van der Waals surface area contributed by atoms with E-state index in [1.54, 1.807) is 60.3 Å². The van der Waals surface area contributed by atoms with E-state index in [1.165, 1.54) is 6.07 Å². The average molecular weight is 419 g/mol. The zero-order chi connectivity index (χ0) is 20.3. The van der Waals surface area contributed by atoms with Gasteiger partial charge in [0.05, 0.1) is 10.5 Å². The first kappa shape index (κ1) is 22.3. The van der Waals surface area contributed by atoms with Gasteiger partial charge >= 0.3 is 0 Å². The first-order chi connectivity index (χ1) is 13.4. The number of benzene rings is 2. The molecule has 1 aliphatic heterocycles. The van der Waals surface area contributed by atoms with E-state index in [2.05, 4.69) is 5.32 Å². The third-order valence-corrected chi connectivity index (χ3v) is 4.72. The maximum Gasteiger partial charge on any atom is 0.293 e. The quantitative estimate of drug-likeness (QED) is 0.455. The van der Waals surface area contributed by atoms with Crippen molar-refractivity contribution in [3.63, 3.8) is 0 Å². The molecule has 1 heterocycles. The standard InChI is InChI=1S/C20H22N4O4.ClH/c1-22(2)17-8-7-14(13-18(17)24(27)28)19(25)15-5-3-4-6-16(15)20(26)23-11-9-21-10-12-23;/h3-8,13,21H,9-12H2,1-2H3;1H. The molecule has 0 spiro atoms. The summed E-state index contributed by atoms with van der Waals surface area (Å²) in [7, 11) is 3.40. The van der Waals surface area contributed by atoms with Crippen molar-refractivity contribution < 1.29 is 14.5 Å². The van der Waals surface area contributed by atoms with Crippen molar-refractivity contribution in [1.82, 2.24) is 10.2 Å². The van der Waals surface area contributed by atoms with E-state index in [9.17, 15) is 19.7 Å². The Hall–Kier alpha value is -2.97. The van der Waals surface area contributed by atoms with Gasteiger partial charge in [0.1, 0.15) is 5.69 Å². The van der Waals surface area contributed by atoms with Gasteiger partial charge in [0.25, 0.3) is 11.6 Å². The molecule has 0 aliphatic carbocycles. The zero-order valence-electron chi connectivity index (χ0n) is 16.3. The molecular weight excluding hydrogens is 396 g/mol. The van der Waals surface area contributed by atoms with E-state index in [-0.39, 0.29) is 35.1 Å². The van der Waals surface area contributed by atoms with Gasteiger partial charge in [0.15, 0.2) is 5.78 Å². The van der Waals surface area contributed by atoms with Crippen LogP contribution >= 0.6 is 12.4 Å². The van der Waals surface area contributed by atoms with Crippen molar-refractivity contribution in [1.29, 1.82) is 0 Å². The summed E-state index contributed by atoms with van der Waals surface area (Å²) in [6, 6.07) is 11.0. The molecule has 1 amide bonds. The molecule has 0 aromatic heterocycles. The lowest BCUT2D eigenvalue weighted by molar-refractivity contribution is -0.384. The van der Waals surface area contributed by atoms with E-state index in [0.29, 0.717) is 37.4 Å². The summed E-state index contributed by atoms with van der Waals surface area (Å²) >= 11 is 0. The second kappa shape index (κ2) is 9.49. The summed E-state index contributed by atoms with van der Waals surface area (Å²) in [4.78, 5) is 40.2. The summed E-state index contributed by atoms with van der Waals surface area (Å²) in [5.74, 6) is -0.614. The van der Waals surface area contributed by atoms with Crippen molar-refractivity contribution in [3.05, 3.63) is 69.3 Å². The summed E-state index contributed by atoms with van der Waals surface area (Å²) in [6.07, 6.45) is 0. The number of hydrogen-bond donors (Lipinski definition) is 1. The number of piperazine rings is 1. The fourth-order valence-corrected chi connectivity index (χ4v) is 3.25. The number of hydrogen-bond acceptors (Lipinski definition) is 6. The minimum absolute atomic E-state index is 0. The zero-order valence-corrected chi connectivity index (χ0v) is 17.1. The minimum Gasteiger partial charge on any atom is -0.372 e. The summed E-state index contributed by atoms with van der Waals surface area (Å²) < 4.78 is 0. The number of amides is 1. The number of nitro benzene ring substituents is 1. The Morgan fingerprint density at radius 3 is 2.28 bits per heavy atom. The number of rotatable bonds is 5. The maximum absolute atomic E-state index is 13.1. The molecule has 8 nitrogen and oxygen atoms in total. The van der Waals surface area contributed by atoms with E-state index in [1.807, 2.05) is 0 Å². The molecule has 154 valence electrons. The van der Waals surface area contributed by atoms with Crippen LogP contribution in [-0.2, 0) is 0 Å². The van der Waals surface area contributed by atoms with Crippen LogP contribution in [0.1, 0.15) is 26.3 Å². The maximum atomic E-state index is 13.1. The Morgan fingerprint density at radius 1 is 1.07 bits per heavy atom. The van der Waals surface area contributed by atoms with Gasteiger partial charge in [-0.3, -0.25) is 19.7 Å². The number of halogens is 1. The molecular formula is C20H23ClN4O4. The van der Waals surface area contributed by atoms with Crippen LogP contribution in [0.3, 0.4) is 0 Å². The summed E-state index contributed by atoms with van der Waals surface area (Å²) in [5, 5.41) is 14.6. The molecule has 0 bridgehead atoms. The van der Waals surface area contributed by atoms with Gasteiger partial charge < -0.3 is 15.1 Å². The first-order valence-electron chi connectivity index (χ1n) is 8.99. The molecule has 29 heavy (non-hydrogen) atoms. The molecule has 1 N–H and O–H groups in total. The lowest BCUT2D eigenvalue weighted by Crippen LogP contribution is -2.46. The van der Waals surface area contributed by atoms with Crippen molar-refractivity contribution >= 4 is 35.5 Å². The van der Waals surface area contributed by atoms with Crippen molar-refractivity contribution in [2.24, 2.45) is 0 Å². The van der Waals surface area contributed by atoms with Gasteiger partial charge in [-0.05, 0) is 18.2 Å². The summed E-state index contributed by atoms with van der Waals surface area (Å²) in [6.45, 7) is 2.56. The van der Waals surface area contributed by atoms with E-state index in [0.717, 1.165) is 0 Å². The highest BCUT2D eigenvalue weighted by Gasteiger charge is 2.25. The van der Waals surface area contributed by atoms with Gasteiger partial charge in [-0.1, -0.05) is 18.2 Å². The van der Waals surface area contributed by atoms with Crippen LogP contribution < -0.4 is 10.2 Å². The predicted molar refractivity (Wildman–Crippen MR) is 113 cm³/mol. The molecule has 0 atom stereocenters. The molecule has 1 aliphatic rings. The smallest absolute Gasteiger partial charge is 0.293 e. The van der Waals surface area contributed by atoms with Crippen LogP contribution in [0.25, 0.3) is 0 Å². The molecule has 0 radical (unpaired) electrons. The van der Waals surface area contributed by atoms with Gasteiger partial charge in [0, 0.05) is 57.5 Å². The molecule has 1 fully saturated rings. The lowest BCUT2D eigenvalue weighted by atomic mass is 9.96. The Kier molecular flexibility index (Phi) is 7.30. The molecule has 2 aromatic carbocycles. The molecule has 0 saturated carbocycles. The minimum atomic E-state index is -0.510. The van der Waals surface area contributed by atoms with Crippen molar-refractivity contribution in [2.75, 3.05) is 45.2 Å². The first-order valence-corrected chi connectivity index (χ1v) is 8.99. The van der Waals surface area contributed by atoms with Crippen LogP contribution in [0.4, 0.5) is 11.4 Å². The van der Waals surface area contributed by atoms with E-state index in [4.69, 9.17) is 0 Å². The van der Waals surface area contributed by atoms with Crippen LogP contribution in [0, 0.1) is 10.1 Å². The fraction of sp³-hybridized carbons (Fsp3) is 0.300. The number of nitro groups is 1. The van der Waals surface area contributed by atoms with E-state index >= 15 is 0 Å². The predicted octanol–water partition coefficient (Wildman–Crippen LogP) is 2.36. The Labute approximate surface area is 175 Å². The molecule has 1 saturated heterocycles.